The molecule has 0 amide bonds. The largest absolute Gasteiger partial charge is 0.464 e. The number of hydrogen-bond donors (Lipinski definition) is 0. The zero-order valence-corrected chi connectivity index (χ0v) is 17.3. The standard InChI is InChI=1S/C22H33NO5/c1-17(2)23(20-7-5-4-6-8-20)13-14-27-21(24)18-9-11-19(12-10-18)22(25)28-16-15-26-3/h4-8,17-19H,9-16H2,1-3H3. The van der Waals surface area contributed by atoms with Crippen molar-refractivity contribution in [2.24, 2.45) is 11.8 Å². The first-order valence-electron chi connectivity index (χ1n) is 10.2. The average Bonchev–Trinajstić information content (AvgIpc) is 2.71. The molecule has 2 rings (SSSR count). The number of rotatable bonds is 10. The van der Waals surface area contributed by atoms with Crippen molar-refractivity contribution in [1.82, 2.24) is 0 Å². The fourth-order valence-electron chi connectivity index (χ4n) is 3.58. The molecule has 1 aliphatic carbocycles. The van der Waals surface area contributed by atoms with Gasteiger partial charge in [-0.2, -0.15) is 0 Å². The van der Waals surface area contributed by atoms with Crippen LogP contribution in [0.4, 0.5) is 5.69 Å². The highest BCUT2D eigenvalue weighted by molar-refractivity contribution is 5.75. The molecule has 1 fully saturated rings. The van der Waals surface area contributed by atoms with Crippen molar-refractivity contribution in [2.75, 3.05) is 38.4 Å². The van der Waals surface area contributed by atoms with Gasteiger partial charge in [-0.3, -0.25) is 9.59 Å². The Hall–Kier alpha value is -2.08. The van der Waals surface area contributed by atoms with E-state index in [4.69, 9.17) is 14.2 Å². The van der Waals surface area contributed by atoms with Crippen LogP contribution in [0.5, 0.6) is 0 Å². The predicted molar refractivity (Wildman–Crippen MR) is 108 cm³/mol. The lowest BCUT2D eigenvalue weighted by Crippen LogP contribution is -2.35. The van der Waals surface area contributed by atoms with Crippen LogP contribution in [0.2, 0.25) is 0 Å². The quantitative estimate of drug-likeness (QED) is 0.450. The molecule has 0 heterocycles. The number of esters is 2. The molecule has 0 radical (unpaired) electrons. The van der Waals surface area contributed by atoms with Gasteiger partial charge in [0.15, 0.2) is 0 Å². The van der Waals surface area contributed by atoms with Gasteiger partial charge in [0.05, 0.1) is 25.0 Å². The van der Waals surface area contributed by atoms with E-state index in [-0.39, 0.29) is 30.4 Å². The molecule has 1 saturated carbocycles. The number of anilines is 1. The van der Waals surface area contributed by atoms with E-state index in [0.717, 1.165) is 5.69 Å². The number of hydrogen-bond acceptors (Lipinski definition) is 6. The molecule has 0 bridgehead atoms. The van der Waals surface area contributed by atoms with Crippen molar-refractivity contribution in [3.8, 4) is 0 Å². The third-order valence-electron chi connectivity index (χ3n) is 5.21. The molecule has 1 aromatic rings. The van der Waals surface area contributed by atoms with Gasteiger partial charge < -0.3 is 19.1 Å². The Morgan fingerprint density at radius 1 is 0.929 bits per heavy atom. The lowest BCUT2D eigenvalue weighted by molar-refractivity contribution is -0.155. The fraction of sp³-hybridized carbons (Fsp3) is 0.636. The molecule has 28 heavy (non-hydrogen) atoms. The summed E-state index contributed by atoms with van der Waals surface area (Å²) in [5, 5.41) is 0. The van der Waals surface area contributed by atoms with Crippen molar-refractivity contribution >= 4 is 17.6 Å². The van der Waals surface area contributed by atoms with Crippen LogP contribution in [0.3, 0.4) is 0 Å². The van der Waals surface area contributed by atoms with Crippen molar-refractivity contribution < 1.29 is 23.8 Å². The molecule has 6 heteroatoms. The van der Waals surface area contributed by atoms with Gasteiger partial charge in [-0.05, 0) is 51.7 Å². The van der Waals surface area contributed by atoms with Crippen LogP contribution in [-0.4, -0.2) is 51.5 Å². The Bertz CT molecular complexity index is 596. The van der Waals surface area contributed by atoms with Crippen molar-refractivity contribution in [3.05, 3.63) is 30.3 Å². The number of benzene rings is 1. The van der Waals surface area contributed by atoms with E-state index in [2.05, 4.69) is 30.9 Å². The molecule has 0 saturated heterocycles. The average molecular weight is 392 g/mol. The minimum atomic E-state index is -0.181. The van der Waals surface area contributed by atoms with Crippen molar-refractivity contribution in [3.63, 3.8) is 0 Å². The van der Waals surface area contributed by atoms with E-state index in [0.29, 0.717) is 51.5 Å². The molecule has 0 N–H and O–H groups in total. The van der Waals surface area contributed by atoms with Gasteiger partial charge in [0, 0.05) is 18.8 Å². The van der Waals surface area contributed by atoms with Gasteiger partial charge in [-0.25, -0.2) is 0 Å². The van der Waals surface area contributed by atoms with Crippen LogP contribution in [0.1, 0.15) is 39.5 Å². The Kier molecular flexibility index (Phi) is 9.28. The Morgan fingerprint density at radius 3 is 1.96 bits per heavy atom. The summed E-state index contributed by atoms with van der Waals surface area (Å²) in [6.45, 7) is 5.97. The van der Waals surface area contributed by atoms with E-state index >= 15 is 0 Å². The summed E-state index contributed by atoms with van der Waals surface area (Å²) < 4.78 is 15.6. The highest BCUT2D eigenvalue weighted by atomic mass is 16.6. The molecular formula is C22H33NO5. The summed E-state index contributed by atoms with van der Waals surface area (Å²) >= 11 is 0. The summed E-state index contributed by atoms with van der Waals surface area (Å²) in [6, 6.07) is 10.5. The summed E-state index contributed by atoms with van der Waals surface area (Å²) in [5.41, 5.74) is 1.13. The molecule has 1 aliphatic rings. The molecular weight excluding hydrogens is 358 g/mol. The third kappa shape index (κ3) is 6.82. The van der Waals surface area contributed by atoms with E-state index in [9.17, 15) is 9.59 Å². The van der Waals surface area contributed by atoms with Crippen molar-refractivity contribution in [1.29, 1.82) is 0 Å². The van der Waals surface area contributed by atoms with Crippen molar-refractivity contribution in [2.45, 2.75) is 45.6 Å². The minimum Gasteiger partial charge on any atom is -0.464 e. The van der Waals surface area contributed by atoms with E-state index in [1.165, 1.54) is 0 Å². The second kappa shape index (κ2) is 11.7. The Balaban J connectivity index is 1.71. The smallest absolute Gasteiger partial charge is 0.309 e. The van der Waals surface area contributed by atoms with Crippen LogP contribution in [0.25, 0.3) is 0 Å². The first-order valence-corrected chi connectivity index (χ1v) is 10.2. The van der Waals surface area contributed by atoms with Crippen LogP contribution in [0.15, 0.2) is 30.3 Å². The van der Waals surface area contributed by atoms with Crippen LogP contribution in [-0.2, 0) is 23.8 Å². The molecule has 1 aromatic carbocycles. The second-order valence-electron chi connectivity index (χ2n) is 7.50. The number of carbonyl (C=O) groups is 2. The van der Waals surface area contributed by atoms with Gasteiger partial charge in [-0.1, -0.05) is 18.2 Å². The molecule has 0 spiro atoms. The van der Waals surface area contributed by atoms with Crippen LogP contribution >= 0.6 is 0 Å². The fourth-order valence-corrected chi connectivity index (χ4v) is 3.58. The van der Waals surface area contributed by atoms with E-state index < -0.39 is 0 Å². The monoisotopic (exact) mass is 391 g/mol. The van der Waals surface area contributed by atoms with Crippen LogP contribution in [0, 0.1) is 11.8 Å². The van der Waals surface area contributed by atoms with Gasteiger partial charge in [0.2, 0.25) is 0 Å². The molecule has 0 aromatic heterocycles. The maximum absolute atomic E-state index is 12.4. The molecule has 6 nitrogen and oxygen atoms in total. The molecule has 156 valence electrons. The lowest BCUT2D eigenvalue weighted by Gasteiger charge is -2.29. The Labute approximate surface area is 168 Å². The zero-order chi connectivity index (χ0) is 20.4. The minimum absolute atomic E-state index is 0.115. The normalized spacial score (nSPS) is 19.3. The lowest BCUT2D eigenvalue weighted by atomic mass is 9.82. The van der Waals surface area contributed by atoms with E-state index in [1.54, 1.807) is 7.11 Å². The number of methoxy groups -OCH3 is 1. The number of carbonyl (C=O) groups excluding carboxylic acids is 2. The first kappa shape index (κ1) is 22.2. The number of ether oxygens (including phenoxy) is 3. The zero-order valence-electron chi connectivity index (χ0n) is 17.3. The molecule has 0 aliphatic heterocycles. The summed E-state index contributed by atoms with van der Waals surface area (Å²) in [4.78, 5) is 26.6. The SMILES string of the molecule is COCCOC(=O)C1CCC(C(=O)OCCN(c2ccccc2)C(C)C)CC1. The predicted octanol–water partition coefficient (Wildman–Crippen LogP) is 3.44. The van der Waals surface area contributed by atoms with Crippen LogP contribution < -0.4 is 4.90 Å². The van der Waals surface area contributed by atoms with Gasteiger partial charge >= 0.3 is 11.9 Å². The van der Waals surface area contributed by atoms with Gasteiger partial charge in [0.25, 0.3) is 0 Å². The van der Waals surface area contributed by atoms with Gasteiger partial charge in [0.1, 0.15) is 13.2 Å². The maximum Gasteiger partial charge on any atom is 0.309 e. The summed E-state index contributed by atoms with van der Waals surface area (Å²) in [5.74, 6) is -0.565. The summed E-state index contributed by atoms with van der Waals surface area (Å²) in [6.07, 6.45) is 2.70. The third-order valence-corrected chi connectivity index (χ3v) is 5.21. The Morgan fingerprint density at radius 2 is 1.46 bits per heavy atom. The second-order valence-corrected chi connectivity index (χ2v) is 7.50. The van der Waals surface area contributed by atoms with E-state index in [1.807, 2.05) is 18.2 Å². The topological polar surface area (TPSA) is 65.1 Å². The highest BCUT2D eigenvalue weighted by Gasteiger charge is 2.31. The molecule has 0 atom stereocenters. The van der Waals surface area contributed by atoms with Gasteiger partial charge in [-0.15, -0.1) is 0 Å². The summed E-state index contributed by atoms with van der Waals surface area (Å²) in [7, 11) is 1.57. The molecule has 0 unspecified atom stereocenters. The first-order chi connectivity index (χ1) is 13.5. The number of nitrogens with zero attached hydrogens (tertiary/aromatic N) is 1. The maximum atomic E-state index is 12.4. The number of para-hydroxylation sites is 1. The highest BCUT2D eigenvalue weighted by Crippen LogP contribution is 2.30.